The number of fused-ring (bicyclic) bond motifs is 1. The third kappa shape index (κ3) is 5.43. The topological polar surface area (TPSA) is 106 Å². The van der Waals surface area contributed by atoms with E-state index in [4.69, 9.17) is 39.3 Å². The number of carbonyl (C=O) groups excluding carboxylic acids is 2. The number of halogens is 3. The molecule has 4 aromatic rings. The fourth-order valence-corrected chi connectivity index (χ4v) is 6.12. The van der Waals surface area contributed by atoms with Crippen molar-refractivity contribution in [3.05, 3.63) is 92.8 Å². The number of hydrogen-bond donors (Lipinski definition) is 1. The predicted octanol–water partition coefficient (Wildman–Crippen LogP) is 7.32. The number of aromatic nitrogens is 2. The summed E-state index contributed by atoms with van der Waals surface area (Å²) < 4.78 is 7.32. The average Bonchev–Trinajstić information content (AvgIpc) is 3.57. The monoisotopic (exact) mass is 611 g/mol. The number of carbonyl (C=O) groups is 3. The number of benzene rings is 2. The highest BCUT2D eigenvalue weighted by Gasteiger charge is 2.34. The van der Waals surface area contributed by atoms with Gasteiger partial charge in [0, 0.05) is 46.7 Å². The van der Waals surface area contributed by atoms with E-state index in [0.29, 0.717) is 58.7 Å². The van der Waals surface area contributed by atoms with Gasteiger partial charge in [-0.25, -0.2) is 4.79 Å². The quantitative estimate of drug-likeness (QED) is 0.229. The van der Waals surface area contributed by atoms with E-state index < -0.39 is 11.9 Å². The molecular weight excluding hydrogens is 589 g/mol. The first-order valence-electron chi connectivity index (χ1n) is 12.7. The molecule has 0 saturated carbocycles. The molecule has 0 atom stereocenters. The van der Waals surface area contributed by atoms with Crippen LogP contribution in [0.25, 0.3) is 28.2 Å². The molecular formula is C30H24Cl3N3O5. The van der Waals surface area contributed by atoms with Crippen LogP contribution in [0.15, 0.2) is 65.3 Å². The molecule has 1 saturated heterocycles. The van der Waals surface area contributed by atoms with Crippen LogP contribution in [-0.4, -0.2) is 50.6 Å². The number of aliphatic carboxylic acids is 1. The molecule has 0 bridgehead atoms. The Morgan fingerprint density at radius 2 is 1.78 bits per heavy atom. The zero-order valence-corrected chi connectivity index (χ0v) is 24.1. The second kappa shape index (κ2) is 11.6. The third-order valence-corrected chi connectivity index (χ3v) is 8.04. The first-order chi connectivity index (χ1) is 19.6. The fraction of sp³-hybridized carbons (Fsp3) is 0.200. The van der Waals surface area contributed by atoms with E-state index in [1.54, 1.807) is 41.4 Å². The predicted molar refractivity (Wildman–Crippen MR) is 159 cm³/mol. The van der Waals surface area contributed by atoms with Gasteiger partial charge in [0.1, 0.15) is 11.3 Å². The number of rotatable bonds is 6. The number of amides is 1. The first-order valence-corrected chi connectivity index (χ1v) is 13.9. The van der Waals surface area contributed by atoms with Crippen LogP contribution in [0.3, 0.4) is 0 Å². The molecule has 0 unspecified atom stereocenters. The fourth-order valence-electron chi connectivity index (χ4n) is 5.13. The van der Waals surface area contributed by atoms with Crippen molar-refractivity contribution < 1.29 is 24.0 Å². The highest BCUT2D eigenvalue weighted by Crippen LogP contribution is 2.42. The van der Waals surface area contributed by atoms with Gasteiger partial charge in [-0.2, -0.15) is 0 Å². The summed E-state index contributed by atoms with van der Waals surface area (Å²) in [5, 5.41) is 15.1. The Bertz CT molecular complexity index is 1720. The van der Waals surface area contributed by atoms with Crippen LogP contribution in [0.1, 0.15) is 47.4 Å². The van der Waals surface area contributed by atoms with Crippen LogP contribution in [0.4, 0.5) is 0 Å². The minimum absolute atomic E-state index is 0.153. The van der Waals surface area contributed by atoms with Crippen molar-refractivity contribution in [1.82, 2.24) is 14.6 Å². The van der Waals surface area contributed by atoms with Crippen molar-refractivity contribution in [3.8, 4) is 11.3 Å². The number of carboxylic acids is 1. The maximum absolute atomic E-state index is 14.4. The highest BCUT2D eigenvalue weighted by atomic mass is 35.5. The average molecular weight is 613 g/mol. The number of piperidine rings is 1. The zero-order chi connectivity index (χ0) is 29.4. The number of carboxylic acid groups (broad SMARTS) is 1. The summed E-state index contributed by atoms with van der Waals surface area (Å²) in [7, 11) is 0. The van der Waals surface area contributed by atoms with Gasteiger partial charge in [-0.1, -0.05) is 58.7 Å². The van der Waals surface area contributed by atoms with Gasteiger partial charge >= 0.3 is 5.97 Å². The minimum atomic E-state index is -1.03. The van der Waals surface area contributed by atoms with E-state index >= 15 is 0 Å². The minimum Gasteiger partial charge on any atom is -0.478 e. The van der Waals surface area contributed by atoms with Crippen molar-refractivity contribution in [3.63, 3.8) is 0 Å². The molecule has 3 heterocycles. The lowest BCUT2D eigenvalue weighted by atomic mass is 9.90. The Hall–Kier alpha value is -3.85. The molecule has 210 valence electrons. The lowest BCUT2D eigenvalue weighted by Crippen LogP contribution is -2.37. The van der Waals surface area contributed by atoms with Crippen molar-refractivity contribution >= 4 is 69.6 Å². The Balaban J connectivity index is 1.64. The smallest absolute Gasteiger partial charge is 0.331 e. The van der Waals surface area contributed by atoms with Gasteiger partial charge in [-0.05, 0) is 61.7 Å². The van der Waals surface area contributed by atoms with E-state index in [-0.39, 0.29) is 38.7 Å². The molecule has 0 radical (unpaired) electrons. The maximum atomic E-state index is 14.4. The van der Waals surface area contributed by atoms with Gasteiger partial charge < -0.3 is 14.5 Å². The second-order valence-electron chi connectivity index (χ2n) is 9.72. The summed E-state index contributed by atoms with van der Waals surface area (Å²) in [6.45, 7) is 6.00. The molecule has 1 amide bonds. The second-order valence-corrected chi connectivity index (χ2v) is 11.0. The van der Waals surface area contributed by atoms with Gasteiger partial charge in [0.15, 0.2) is 5.76 Å². The molecule has 0 aliphatic carbocycles. The number of hydrogen-bond acceptors (Lipinski definition) is 5. The van der Waals surface area contributed by atoms with Crippen LogP contribution in [-0.2, 0) is 9.59 Å². The van der Waals surface area contributed by atoms with Crippen molar-refractivity contribution in [2.45, 2.75) is 25.7 Å². The summed E-state index contributed by atoms with van der Waals surface area (Å²) in [6.07, 6.45) is 5.56. The molecule has 41 heavy (non-hydrogen) atoms. The molecule has 11 heteroatoms. The van der Waals surface area contributed by atoms with Gasteiger partial charge in [0.2, 0.25) is 5.91 Å². The van der Waals surface area contributed by atoms with Gasteiger partial charge in [-0.3, -0.25) is 14.2 Å². The van der Waals surface area contributed by atoms with Crippen LogP contribution >= 0.6 is 34.8 Å². The normalized spacial score (nSPS) is 14.4. The van der Waals surface area contributed by atoms with Crippen LogP contribution < -0.4 is 0 Å². The molecule has 1 fully saturated rings. The molecule has 5 rings (SSSR count). The molecule has 2 aromatic heterocycles. The zero-order valence-electron chi connectivity index (χ0n) is 21.9. The summed E-state index contributed by atoms with van der Waals surface area (Å²) in [6, 6.07) is 10.1. The lowest BCUT2D eigenvalue weighted by Gasteiger charge is -2.30. The first kappa shape index (κ1) is 28.7. The molecule has 1 aliphatic heterocycles. The van der Waals surface area contributed by atoms with Crippen LogP contribution in [0.2, 0.25) is 15.1 Å². The molecule has 8 nitrogen and oxygen atoms in total. The third-order valence-electron chi connectivity index (χ3n) is 7.22. The van der Waals surface area contributed by atoms with E-state index in [1.165, 1.54) is 29.7 Å². The Morgan fingerprint density at radius 3 is 2.41 bits per heavy atom. The van der Waals surface area contributed by atoms with Crippen LogP contribution in [0, 0.1) is 0 Å². The van der Waals surface area contributed by atoms with E-state index in [9.17, 15) is 19.5 Å². The van der Waals surface area contributed by atoms with Crippen LogP contribution in [0.5, 0.6) is 0 Å². The van der Waals surface area contributed by atoms with Gasteiger partial charge in [-0.15, -0.1) is 0 Å². The molecule has 1 aliphatic rings. The van der Waals surface area contributed by atoms with Gasteiger partial charge in [0.05, 0.1) is 15.6 Å². The van der Waals surface area contributed by atoms with Crippen molar-refractivity contribution in [2.24, 2.45) is 0 Å². The summed E-state index contributed by atoms with van der Waals surface area (Å²) in [4.78, 5) is 39.6. The van der Waals surface area contributed by atoms with Crippen molar-refractivity contribution in [2.75, 3.05) is 13.1 Å². The Kier molecular flexibility index (Phi) is 8.09. The summed E-state index contributed by atoms with van der Waals surface area (Å²) in [5.41, 5.74) is 2.08. The number of nitrogens with zero attached hydrogens (tertiary/aromatic N) is 3. The molecule has 1 N–H and O–H groups in total. The SMILES string of the molecule is C=CC(=O)N1CCC(c2onc(-c3c(Cl)cc(Cl)cc3Cl)c2C(=O)n2ccc3c(/C=C(\C)C(=O)O)cccc32)CC1. The standard InChI is InChI=1S/C30H24Cl3N3O5/c1-3-24(37)35-10-7-17(8-11-35)28-26(27(34-41-28)25-21(32)14-19(31)15-22(25)33)29(38)36-12-9-20-18(5-4-6-23(20)36)13-16(2)30(39)40/h3-6,9,12-15,17H,1,7-8,10-11H2,2H3,(H,39,40)/b16-13+. The summed E-state index contributed by atoms with van der Waals surface area (Å²) >= 11 is 19.2. The lowest BCUT2D eigenvalue weighted by molar-refractivity contribution is -0.132. The molecule has 2 aromatic carbocycles. The van der Waals surface area contributed by atoms with Gasteiger partial charge in [0.25, 0.3) is 5.91 Å². The maximum Gasteiger partial charge on any atom is 0.331 e. The van der Waals surface area contributed by atoms with E-state index in [2.05, 4.69) is 11.7 Å². The van der Waals surface area contributed by atoms with Crippen molar-refractivity contribution in [1.29, 1.82) is 0 Å². The summed E-state index contributed by atoms with van der Waals surface area (Å²) in [5.74, 6) is -1.44. The largest absolute Gasteiger partial charge is 0.478 e. The highest BCUT2D eigenvalue weighted by molar-refractivity contribution is 6.42. The van der Waals surface area contributed by atoms with E-state index in [1.807, 2.05) is 0 Å². The molecule has 0 spiro atoms. The van der Waals surface area contributed by atoms with E-state index in [0.717, 1.165) is 0 Å². The Morgan fingerprint density at radius 1 is 1.10 bits per heavy atom. The number of likely N-dealkylation sites (tertiary alicyclic amines) is 1. The Labute approximate surface area is 250 Å².